The molecule has 0 heterocycles. The number of hydrogen-bond donors (Lipinski definition) is 1. The molecule has 0 bridgehead atoms. The van der Waals surface area contributed by atoms with Gasteiger partial charge in [-0.1, -0.05) is 44.9 Å². The van der Waals surface area contributed by atoms with E-state index < -0.39 is 0 Å². The van der Waals surface area contributed by atoms with E-state index in [0.29, 0.717) is 6.04 Å². The van der Waals surface area contributed by atoms with Crippen molar-refractivity contribution in [2.45, 2.75) is 45.6 Å². The van der Waals surface area contributed by atoms with E-state index in [-0.39, 0.29) is 0 Å². The molecule has 0 unspecified atom stereocenters. The normalized spacial score (nSPS) is 25.7. The maximum Gasteiger partial charge on any atom is 0.0342 e. The monoisotopic (exact) mass is 217 g/mol. The van der Waals surface area contributed by atoms with Gasteiger partial charge in [-0.25, -0.2) is 0 Å². The number of hydrogen-bond acceptors (Lipinski definition) is 1. The van der Waals surface area contributed by atoms with Crippen molar-refractivity contribution in [1.29, 1.82) is 0 Å². The highest BCUT2D eigenvalue weighted by Gasteiger charge is 2.23. The van der Waals surface area contributed by atoms with Crippen LogP contribution in [0.1, 0.15) is 39.5 Å². The summed E-state index contributed by atoms with van der Waals surface area (Å²) in [6, 6.07) is 11.3. The van der Waals surface area contributed by atoms with Crippen LogP contribution in [0.3, 0.4) is 0 Å². The summed E-state index contributed by atoms with van der Waals surface area (Å²) in [7, 11) is 0. The summed E-state index contributed by atoms with van der Waals surface area (Å²) in [4.78, 5) is 0. The minimum Gasteiger partial charge on any atom is -0.382 e. The van der Waals surface area contributed by atoms with Crippen LogP contribution >= 0.6 is 0 Å². The van der Waals surface area contributed by atoms with Crippen LogP contribution in [0.2, 0.25) is 0 Å². The number of para-hydroxylation sites is 1. The SMILES string of the molecule is CC(C)[C@H]1CCC[C@@H](Nc2ccccc2)C1. The van der Waals surface area contributed by atoms with Crippen molar-refractivity contribution in [3.8, 4) is 0 Å². The standard InChI is InChI=1S/C15H23N/c1-12(2)13-7-6-10-15(11-13)16-14-8-4-3-5-9-14/h3-5,8-9,12-13,15-16H,6-7,10-11H2,1-2H3/t13-,15+/m0/s1. The Labute approximate surface area is 99.3 Å². The van der Waals surface area contributed by atoms with Gasteiger partial charge in [0.2, 0.25) is 0 Å². The topological polar surface area (TPSA) is 12.0 Å². The molecule has 1 aliphatic carbocycles. The molecule has 1 aliphatic rings. The lowest BCUT2D eigenvalue weighted by Gasteiger charge is -2.32. The molecule has 0 saturated heterocycles. The largest absolute Gasteiger partial charge is 0.382 e. The van der Waals surface area contributed by atoms with Crippen molar-refractivity contribution in [3.63, 3.8) is 0 Å². The fourth-order valence-electron chi connectivity index (χ4n) is 2.73. The molecule has 1 heteroatoms. The second kappa shape index (κ2) is 5.38. The number of benzene rings is 1. The van der Waals surface area contributed by atoms with E-state index >= 15 is 0 Å². The van der Waals surface area contributed by atoms with E-state index in [0.717, 1.165) is 11.8 Å². The Morgan fingerprint density at radius 2 is 1.88 bits per heavy atom. The summed E-state index contributed by atoms with van der Waals surface area (Å²) >= 11 is 0. The molecule has 16 heavy (non-hydrogen) atoms. The lowest BCUT2D eigenvalue weighted by molar-refractivity contribution is 0.264. The molecule has 0 radical (unpaired) electrons. The average Bonchev–Trinajstić information content (AvgIpc) is 2.30. The molecular formula is C15H23N. The van der Waals surface area contributed by atoms with E-state index in [2.05, 4.69) is 49.5 Å². The minimum atomic E-state index is 0.684. The molecule has 1 saturated carbocycles. The molecule has 1 N–H and O–H groups in total. The fourth-order valence-corrected chi connectivity index (χ4v) is 2.73. The van der Waals surface area contributed by atoms with Gasteiger partial charge in [-0.2, -0.15) is 0 Å². The van der Waals surface area contributed by atoms with Crippen LogP contribution in [0, 0.1) is 11.8 Å². The Morgan fingerprint density at radius 3 is 2.56 bits per heavy atom. The third kappa shape index (κ3) is 3.01. The average molecular weight is 217 g/mol. The molecular weight excluding hydrogens is 194 g/mol. The molecule has 1 aromatic rings. The highest BCUT2D eigenvalue weighted by atomic mass is 14.9. The van der Waals surface area contributed by atoms with Crippen molar-refractivity contribution in [2.75, 3.05) is 5.32 Å². The van der Waals surface area contributed by atoms with Crippen LogP contribution in [0.15, 0.2) is 30.3 Å². The summed E-state index contributed by atoms with van der Waals surface area (Å²) in [5.74, 6) is 1.75. The molecule has 2 rings (SSSR count). The van der Waals surface area contributed by atoms with Crippen molar-refractivity contribution in [2.24, 2.45) is 11.8 Å². The molecule has 2 atom stereocenters. The molecule has 1 aromatic carbocycles. The Morgan fingerprint density at radius 1 is 1.12 bits per heavy atom. The van der Waals surface area contributed by atoms with Crippen LogP contribution in [-0.2, 0) is 0 Å². The van der Waals surface area contributed by atoms with Gasteiger partial charge in [0.05, 0.1) is 0 Å². The van der Waals surface area contributed by atoms with Crippen LogP contribution in [0.25, 0.3) is 0 Å². The van der Waals surface area contributed by atoms with Gasteiger partial charge in [0, 0.05) is 11.7 Å². The molecule has 0 amide bonds. The molecule has 88 valence electrons. The molecule has 1 fully saturated rings. The first-order chi connectivity index (χ1) is 7.75. The van der Waals surface area contributed by atoms with Crippen LogP contribution in [-0.4, -0.2) is 6.04 Å². The van der Waals surface area contributed by atoms with Gasteiger partial charge in [0.25, 0.3) is 0 Å². The highest BCUT2D eigenvalue weighted by molar-refractivity contribution is 5.43. The maximum atomic E-state index is 3.67. The van der Waals surface area contributed by atoms with E-state index in [1.807, 2.05) is 0 Å². The van der Waals surface area contributed by atoms with Crippen LogP contribution in [0.4, 0.5) is 5.69 Å². The van der Waals surface area contributed by atoms with Crippen molar-refractivity contribution in [1.82, 2.24) is 0 Å². The van der Waals surface area contributed by atoms with E-state index in [4.69, 9.17) is 0 Å². The second-order valence-electron chi connectivity index (χ2n) is 5.38. The lowest BCUT2D eigenvalue weighted by Crippen LogP contribution is -2.29. The summed E-state index contributed by atoms with van der Waals surface area (Å²) in [5.41, 5.74) is 1.27. The predicted molar refractivity (Wildman–Crippen MR) is 70.6 cm³/mol. The third-order valence-corrected chi connectivity index (χ3v) is 3.80. The summed E-state index contributed by atoms with van der Waals surface area (Å²) in [5, 5.41) is 3.67. The van der Waals surface area contributed by atoms with E-state index in [1.54, 1.807) is 0 Å². The van der Waals surface area contributed by atoms with E-state index in [1.165, 1.54) is 31.4 Å². The maximum absolute atomic E-state index is 3.67. The number of nitrogens with one attached hydrogen (secondary N) is 1. The Kier molecular flexibility index (Phi) is 3.87. The van der Waals surface area contributed by atoms with Crippen molar-refractivity contribution in [3.05, 3.63) is 30.3 Å². The number of anilines is 1. The zero-order valence-corrected chi connectivity index (χ0v) is 10.4. The first-order valence-corrected chi connectivity index (χ1v) is 6.57. The van der Waals surface area contributed by atoms with E-state index in [9.17, 15) is 0 Å². The van der Waals surface area contributed by atoms with Gasteiger partial charge in [-0.05, 0) is 36.8 Å². The van der Waals surface area contributed by atoms with Gasteiger partial charge >= 0.3 is 0 Å². The predicted octanol–water partition coefficient (Wildman–Crippen LogP) is 4.31. The Hall–Kier alpha value is -0.980. The van der Waals surface area contributed by atoms with Gasteiger partial charge in [0.15, 0.2) is 0 Å². The zero-order valence-electron chi connectivity index (χ0n) is 10.4. The number of rotatable bonds is 3. The second-order valence-corrected chi connectivity index (χ2v) is 5.38. The summed E-state index contributed by atoms with van der Waals surface area (Å²) in [6.45, 7) is 4.71. The van der Waals surface area contributed by atoms with Gasteiger partial charge in [0.1, 0.15) is 0 Å². The Balaban J connectivity index is 1.90. The zero-order chi connectivity index (χ0) is 11.4. The third-order valence-electron chi connectivity index (χ3n) is 3.80. The molecule has 1 nitrogen and oxygen atoms in total. The quantitative estimate of drug-likeness (QED) is 0.795. The van der Waals surface area contributed by atoms with Crippen LogP contribution in [0.5, 0.6) is 0 Å². The Bertz CT molecular complexity index is 304. The summed E-state index contributed by atoms with van der Waals surface area (Å²) in [6.07, 6.45) is 5.47. The smallest absolute Gasteiger partial charge is 0.0342 e. The minimum absolute atomic E-state index is 0.684. The van der Waals surface area contributed by atoms with Gasteiger partial charge < -0.3 is 5.32 Å². The van der Waals surface area contributed by atoms with Crippen molar-refractivity contribution >= 4 is 5.69 Å². The van der Waals surface area contributed by atoms with Gasteiger partial charge in [-0.3, -0.25) is 0 Å². The highest BCUT2D eigenvalue weighted by Crippen LogP contribution is 2.31. The first-order valence-electron chi connectivity index (χ1n) is 6.57. The molecule has 0 aromatic heterocycles. The fraction of sp³-hybridized carbons (Fsp3) is 0.600. The van der Waals surface area contributed by atoms with Gasteiger partial charge in [-0.15, -0.1) is 0 Å². The van der Waals surface area contributed by atoms with Crippen molar-refractivity contribution < 1.29 is 0 Å². The molecule has 0 aliphatic heterocycles. The molecule has 0 spiro atoms. The lowest BCUT2D eigenvalue weighted by atomic mass is 9.79. The first kappa shape index (κ1) is 11.5. The summed E-state index contributed by atoms with van der Waals surface area (Å²) < 4.78 is 0. The van der Waals surface area contributed by atoms with Crippen LogP contribution < -0.4 is 5.32 Å².